The van der Waals surface area contributed by atoms with Crippen molar-refractivity contribution in [2.45, 2.75) is 38.0 Å². The van der Waals surface area contributed by atoms with Crippen LogP contribution in [-0.4, -0.2) is 54.0 Å². The van der Waals surface area contributed by atoms with Gasteiger partial charge in [0.25, 0.3) is 0 Å². The Morgan fingerprint density at radius 1 is 1.29 bits per heavy atom. The van der Waals surface area contributed by atoms with Crippen LogP contribution < -0.4 is 5.32 Å². The number of hydrogen-bond acceptors (Lipinski definition) is 2. The summed E-state index contributed by atoms with van der Waals surface area (Å²) >= 11 is 0. The fourth-order valence-electron chi connectivity index (χ4n) is 2.13. The molecule has 0 aromatic carbocycles. The zero-order valence-corrected chi connectivity index (χ0v) is 11.3. The van der Waals surface area contributed by atoms with Crippen LogP contribution >= 0.6 is 0 Å². The highest BCUT2D eigenvalue weighted by molar-refractivity contribution is 5.74. The Morgan fingerprint density at radius 3 is 2.33 bits per heavy atom. The molecule has 122 valence electrons. The number of aliphatic carboxylic acids is 1. The van der Waals surface area contributed by atoms with Crippen LogP contribution in [-0.2, 0) is 4.79 Å². The molecule has 0 aromatic heterocycles. The Hall–Kier alpha value is -1.54. The minimum atomic E-state index is -4.24. The highest BCUT2D eigenvalue weighted by Crippen LogP contribution is 2.23. The van der Waals surface area contributed by atoms with E-state index in [2.05, 4.69) is 0 Å². The SMILES string of the molecule is O=C(O)CCC1CCN(C(=O)NCC(F)(F)C(F)F)CC1. The molecule has 0 aromatic rings. The van der Waals surface area contributed by atoms with E-state index in [1.54, 1.807) is 5.32 Å². The van der Waals surface area contributed by atoms with Gasteiger partial charge in [0.2, 0.25) is 0 Å². The number of urea groups is 1. The topological polar surface area (TPSA) is 69.6 Å². The molecule has 1 saturated heterocycles. The third-order valence-corrected chi connectivity index (χ3v) is 3.46. The highest BCUT2D eigenvalue weighted by atomic mass is 19.3. The molecule has 0 saturated carbocycles. The Balaban J connectivity index is 2.30. The normalized spacial score (nSPS) is 17.1. The van der Waals surface area contributed by atoms with E-state index in [-0.39, 0.29) is 12.3 Å². The number of likely N-dealkylation sites (tertiary alicyclic amines) is 1. The second kappa shape index (κ2) is 7.46. The van der Waals surface area contributed by atoms with E-state index >= 15 is 0 Å². The van der Waals surface area contributed by atoms with E-state index in [4.69, 9.17) is 5.11 Å². The first kappa shape index (κ1) is 17.5. The molecule has 1 heterocycles. The number of nitrogens with zero attached hydrogens (tertiary/aromatic N) is 1. The van der Waals surface area contributed by atoms with Crippen molar-refractivity contribution in [1.29, 1.82) is 0 Å². The van der Waals surface area contributed by atoms with Gasteiger partial charge in [-0.2, -0.15) is 8.78 Å². The smallest absolute Gasteiger partial charge is 0.324 e. The number of carboxylic acid groups (broad SMARTS) is 1. The fraction of sp³-hybridized carbons (Fsp3) is 0.833. The number of rotatable bonds is 6. The van der Waals surface area contributed by atoms with Gasteiger partial charge in [0.1, 0.15) is 0 Å². The van der Waals surface area contributed by atoms with Gasteiger partial charge >= 0.3 is 24.3 Å². The molecule has 21 heavy (non-hydrogen) atoms. The molecule has 1 aliphatic rings. The van der Waals surface area contributed by atoms with Gasteiger partial charge in [-0.1, -0.05) is 0 Å². The first-order valence-electron chi connectivity index (χ1n) is 6.63. The van der Waals surface area contributed by atoms with E-state index in [1.165, 1.54) is 4.90 Å². The van der Waals surface area contributed by atoms with Crippen molar-refractivity contribution >= 4 is 12.0 Å². The van der Waals surface area contributed by atoms with Crippen LogP contribution in [0.5, 0.6) is 0 Å². The predicted octanol–water partition coefficient (Wildman–Crippen LogP) is 2.17. The summed E-state index contributed by atoms with van der Waals surface area (Å²) in [5, 5.41) is 10.4. The van der Waals surface area contributed by atoms with Crippen LogP contribution in [0.25, 0.3) is 0 Å². The summed E-state index contributed by atoms with van der Waals surface area (Å²) in [7, 11) is 0. The average Bonchev–Trinajstić information content (AvgIpc) is 2.43. The minimum Gasteiger partial charge on any atom is -0.481 e. The Bertz CT molecular complexity index is 372. The van der Waals surface area contributed by atoms with Crippen LogP contribution in [0.3, 0.4) is 0 Å². The summed E-state index contributed by atoms with van der Waals surface area (Å²) < 4.78 is 49.2. The van der Waals surface area contributed by atoms with Crippen molar-refractivity contribution in [1.82, 2.24) is 10.2 Å². The van der Waals surface area contributed by atoms with Crippen LogP contribution in [0.15, 0.2) is 0 Å². The molecule has 1 rings (SSSR count). The second-order valence-electron chi connectivity index (χ2n) is 5.08. The lowest BCUT2D eigenvalue weighted by Crippen LogP contribution is -2.49. The molecule has 0 unspecified atom stereocenters. The number of piperidine rings is 1. The van der Waals surface area contributed by atoms with Crippen LogP contribution in [0.1, 0.15) is 25.7 Å². The lowest BCUT2D eigenvalue weighted by Gasteiger charge is -2.32. The van der Waals surface area contributed by atoms with Gasteiger partial charge < -0.3 is 15.3 Å². The number of nitrogens with one attached hydrogen (secondary N) is 1. The number of amides is 2. The molecule has 2 amide bonds. The summed E-state index contributed by atoms with van der Waals surface area (Å²) in [5.41, 5.74) is 0. The van der Waals surface area contributed by atoms with Crippen molar-refractivity contribution < 1.29 is 32.3 Å². The Labute approximate surface area is 119 Å². The maximum atomic E-state index is 12.7. The summed E-state index contributed by atoms with van der Waals surface area (Å²) in [5.74, 6) is -4.95. The van der Waals surface area contributed by atoms with Crippen molar-refractivity contribution in [2.24, 2.45) is 5.92 Å². The molecule has 0 spiro atoms. The van der Waals surface area contributed by atoms with Gasteiger partial charge in [0.05, 0.1) is 6.54 Å². The number of hydrogen-bond donors (Lipinski definition) is 2. The van der Waals surface area contributed by atoms with Crippen LogP contribution in [0.2, 0.25) is 0 Å². The summed E-state index contributed by atoms with van der Waals surface area (Å²) in [6.45, 7) is -0.796. The number of carboxylic acids is 1. The molecule has 0 aliphatic carbocycles. The molecule has 1 fully saturated rings. The lowest BCUT2D eigenvalue weighted by molar-refractivity contribution is -0.137. The van der Waals surface area contributed by atoms with Crippen LogP contribution in [0, 0.1) is 5.92 Å². The number of alkyl halides is 4. The first-order valence-corrected chi connectivity index (χ1v) is 6.63. The zero-order valence-electron chi connectivity index (χ0n) is 11.3. The van der Waals surface area contributed by atoms with Gasteiger partial charge in [0.15, 0.2) is 0 Å². The molecular weight excluding hydrogens is 296 g/mol. The van der Waals surface area contributed by atoms with E-state index < -0.39 is 30.9 Å². The highest BCUT2D eigenvalue weighted by Gasteiger charge is 2.41. The van der Waals surface area contributed by atoms with Crippen molar-refractivity contribution in [3.05, 3.63) is 0 Å². The number of carbonyl (C=O) groups excluding carboxylic acids is 1. The van der Waals surface area contributed by atoms with Gasteiger partial charge in [-0.15, -0.1) is 0 Å². The van der Waals surface area contributed by atoms with E-state index in [0.717, 1.165) is 0 Å². The first-order chi connectivity index (χ1) is 9.72. The fourth-order valence-corrected chi connectivity index (χ4v) is 2.13. The molecule has 9 heteroatoms. The quantitative estimate of drug-likeness (QED) is 0.738. The van der Waals surface area contributed by atoms with Crippen molar-refractivity contribution in [3.63, 3.8) is 0 Å². The maximum Gasteiger partial charge on any atom is 0.324 e. The average molecular weight is 314 g/mol. The summed E-state index contributed by atoms with van der Waals surface area (Å²) in [6, 6.07) is -0.799. The van der Waals surface area contributed by atoms with E-state index in [9.17, 15) is 27.2 Å². The summed E-state index contributed by atoms with van der Waals surface area (Å²) in [4.78, 5) is 23.3. The third kappa shape index (κ3) is 5.76. The van der Waals surface area contributed by atoms with Gasteiger partial charge in [-0.05, 0) is 25.2 Å². The molecule has 0 atom stereocenters. The predicted molar refractivity (Wildman–Crippen MR) is 65.5 cm³/mol. The number of halogens is 4. The summed E-state index contributed by atoms with van der Waals surface area (Å²) in [6.07, 6.45) is -2.11. The van der Waals surface area contributed by atoms with Crippen LogP contribution in [0.4, 0.5) is 22.4 Å². The molecule has 5 nitrogen and oxygen atoms in total. The standard InChI is InChI=1S/C12H18F4N2O3/c13-10(14)12(15,16)7-17-11(21)18-5-3-8(4-6-18)1-2-9(19)20/h8,10H,1-7H2,(H,17,21)(H,19,20). The second-order valence-corrected chi connectivity index (χ2v) is 5.08. The molecular formula is C12H18F4N2O3. The van der Waals surface area contributed by atoms with Crippen molar-refractivity contribution in [3.8, 4) is 0 Å². The maximum absolute atomic E-state index is 12.7. The molecule has 1 aliphatic heterocycles. The van der Waals surface area contributed by atoms with Gasteiger partial charge in [-0.3, -0.25) is 4.79 Å². The Morgan fingerprint density at radius 2 is 1.86 bits per heavy atom. The van der Waals surface area contributed by atoms with E-state index in [1.807, 2.05) is 0 Å². The molecule has 0 radical (unpaired) electrons. The zero-order chi connectivity index (χ0) is 16.0. The van der Waals surface area contributed by atoms with Gasteiger partial charge in [0, 0.05) is 19.5 Å². The third-order valence-electron chi connectivity index (χ3n) is 3.46. The minimum absolute atomic E-state index is 0.0530. The Kier molecular flexibility index (Phi) is 6.22. The van der Waals surface area contributed by atoms with E-state index in [0.29, 0.717) is 32.4 Å². The molecule has 2 N–H and O–H groups in total. The number of carbonyl (C=O) groups is 2. The largest absolute Gasteiger partial charge is 0.481 e. The lowest BCUT2D eigenvalue weighted by atomic mass is 9.92. The van der Waals surface area contributed by atoms with Crippen molar-refractivity contribution in [2.75, 3.05) is 19.6 Å². The monoisotopic (exact) mass is 314 g/mol. The van der Waals surface area contributed by atoms with Gasteiger partial charge in [-0.25, -0.2) is 13.6 Å². The molecule has 0 bridgehead atoms.